The van der Waals surface area contributed by atoms with Crippen molar-refractivity contribution in [1.29, 1.82) is 0 Å². The number of aryl methyl sites for hydroxylation is 2. The number of carbonyl (C=O) groups is 1. The molecule has 0 unspecified atom stereocenters. The number of nitrogens with one attached hydrogen (secondary N) is 1. The first-order valence-electron chi connectivity index (χ1n) is 7.98. The smallest absolute Gasteiger partial charge is 0.226 e. The lowest BCUT2D eigenvalue weighted by atomic mass is 10.1. The average Bonchev–Trinajstić information content (AvgIpc) is 3.09. The number of anilines is 1. The molecule has 0 aliphatic rings. The van der Waals surface area contributed by atoms with Gasteiger partial charge in [-0.25, -0.2) is 4.98 Å². The Morgan fingerprint density at radius 3 is 2.54 bits per heavy atom. The highest BCUT2D eigenvalue weighted by Crippen LogP contribution is 2.25. The summed E-state index contributed by atoms with van der Waals surface area (Å²) in [5, 5.41) is 5.49. The average molecular weight is 337 g/mol. The van der Waals surface area contributed by atoms with E-state index in [1.807, 2.05) is 17.5 Å². The van der Waals surface area contributed by atoms with Crippen molar-refractivity contribution in [1.82, 2.24) is 9.97 Å². The predicted molar refractivity (Wildman–Crippen MR) is 98.1 cm³/mol. The highest BCUT2D eigenvalue weighted by molar-refractivity contribution is 7.14. The number of benzene rings is 1. The zero-order valence-corrected chi connectivity index (χ0v) is 14.3. The van der Waals surface area contributed by atoms with Crippen LogP contribution >= 0.6 is 11.3 Å². The molecule has 0 fully saturated rings. The van der Waals surface area contributed by atoms with Crippen LogP contribution in [0.25, 0.3) is 11.3 Å². The third-order valence-electron chi connectivity index (χ3n) is 3.80. The van der Waals surface area contributed by atoms with E-state index in [0.717, 1.165) is 23.2 Å². The molecule has 1 aromatic carbocycles. The predicted octanol–water partition coefficient (Wildman–Crippen LogP) is 4.34. The van der Waals surface area contributed by atoms with Crippen molar-refractivity contribution in [2.75, 3.05) is 5.32 Å². The maximum absolute atomic E-state index is 12.1. The minimum atomic E-state index is -0.0194. The van der Waals surface area contributed by atoms with Crippen LogP contribution in [0, 0.1) is 0 Å². The van der Waals surface area contributed by atoms with Crippen molar-refractivity contribution in [3.63, 3.8) is 0 Å². The van der Waals surface area contributed by atoms with Crippen LogP contribution in [0.4, 0.5) is 5.13 Å². The normalized spacial score (nSPS) is 10.5. The monoisotopic (exact) mass is 337 g/mol. The maximum Gasteiger partial charge on any atom is 0.226 e. The van der Waals surface area contributed by atoms with Gasteiger partial charge in [0.25, 0.3) is 0 Å². The summed E-state index contributed by atoms with van der Waals surface area (Å²) < 4.78 is 0. The summed E-state index contributed by atoms with van der Waals surface area (Å²) in [4.78, 5) is 20.5. The molecule has 1 amide bonds. The van der Waals surface area contributed by atoms with E-state index in [1.165, 1.54) is 16.9 Å². The summed E-state index contributed by atoms with van der Waals surface area (Å²) in [5.74, 6) is -0.0194. The van der Waals surface area contributed by atoms with E-state index in [1.54, 1.807) is 12.4 Å². The van der Waals surface area contributed by atoms with Gasteiger partial charge in [-0.3, -0.25) is 9.78 Å². The molecule has 4 nitrogen and oxygen atoms in total. The second-order valence-electron chi connectivity index (χ2n) is 5.49. The summed E-state index contributed by atoms with van der Waals surface area (Å²) in [7, 11) is 0. The molecule has 0 aliphatic heterocycles. The van der Waals surface area contributed by atoms with Gasteiger partial charge in [-0.2, -0.15) is 0 Å². The molecule has 5 heteroatoms. The Balaban J connectivity index is 1.58. The van der Waals surface area contributed by atoms with E-state index in [4.69, 9.17) is 0 Å². The van der Waals surface area contributed by atoms with E-state index in [9.17, 15) is 4.79 Å². The molecule has 0 aliphatic carbocycles. The summed E-state index contributed by atoms with van der Waals surface area (Å²) in [6.07, 6.45) is 5.64. The number of nitrogens with zero attached hydrogens (tertiary/aromatic N) is 2. The largest absolute Gasteiger partial charge is 0.302 e. The second-order valence-corrected chi connectivity index (χ2v) is 6.35. The molecule has 0 saturated heterocycles. The van der Waals surface area contributed by atoms with E-state index in [2.05, 4.69) is 46.5 Å². The number of hydrogen-bond donors (Lipinski definition) is 1. The number of carbonyl (C=O) groups excluding carboxylic acids is 1. The molecule has 2 aromatic heterocycles. The first-order chi connectivity index (χ1) is 11.7. The van der Waals surface area contributed by atoms with Gasteiger partial charge in [0, 0.05) is 29.8 Å². The Morgan fingerprint density at radius 2 is 1.83 bits per heavy atom. The van der Waals surface area contributed by atoms with Gasteiger partial charge in [-0.1, -0.05) is 31.2 Å². The second kappa shape index (κ2) is 7.84. The number of aromatic nitrogens is 2. The highest BCUT2D eigenvalue weighted by Gasteiger charge is 2.08. The fourth-order valence-corrected chi connectivity index (χ4v) is 3.10. The van der Waals surface area contributed by atoms with Crippen LogP contribution in [0.2, 0.25) is 0 Å². The first-order valence-corrected chi connectivity index (χ1v) is 8.86. The Morgan fingerprint density at radius 1 is 1.08 bits per heavy atom. The van der Waals surface area contributed by atoms with Gasteiger partial charge in [0.15, 0.2) is 5.13 Å². The van der Waals surface area contributed by atoms with Crippen LogP contribution in [0.5, 0.6) is 0 Å². The SMILES string of the molecule is CCc1ccc(-c2csc(NC(=O)CCc3ccncc3)n2)cc1. The Hall–Kier alpha value is -2.53. The third-order valence-corrected chi connectivity index (χ3v) is 4.56. The minimum Gasteiger partial charge on any atom is -0.302 e. The summed E-state index contributed by atoms with van der Waals surface area (Å²) in [5.41, 5.74) is 4.38. The van der Waals surface area contributed by atoms with Gasteiger partial charge >= 0.3 is 0 Å². The molecule has 0 saturated carbocycles. The summed E-state index contributed by atoms with van der Waals surface area (Å²) in [6.45, 7) is 2.14. The first kappa shape index (κ1) is 16.3. The van der Waals surface area contributed by atoms with E-state index in [0.29, 0.717) is 18.0 Å². The van der Waals surface area contributed by atoms with Crippen molar-refractivity contribution >= 4 is 22.4 Å². The van der Waals surface area contributed by atoms with Crippen LogP contribution in [0.15, 0.2) is 54.2 Å². The third kappa shape index (κ3) is 4.26. The van der Waals surface area contributed by atoms with Crippen molar-refractivity contribution in [3.8, 4) is 11.3 Å². The molecule has 3 aromatic rings. The molecule has 2 heterocycles. The highest BCUT2D eigenvalue weighted by atomic mass is 32.1. The molecule has 0 radical (unpaired) electrons. The van der Waals surface area contributed by atoms with Crippen molar-refractivity contribution in [2.24, 2.45) is 0 Å². The van der Waals surface area contributed by atoms with Gasteiger partial charge in [-0.15, -0.1) is 11.3 Å². The van der Waals surface area contributed by atoms with Crippen molar-refractivity contribution < 1.29 is 4.79 Å². The van der Waals surface area contributed by atoms with Crippen LogP contribution in [-0.4, -0.2) is 15.9 Å². The van der Waals surface area contributed by atoms with Gasteiger partial charge < -0.3 is 5.32 Å². The number of rotatable bonds is 6. The Labute approximate surface area is 145 Å². The molecule has 1 N–H and O–H groups in total. The fourth-order valence-electron chi connectivity index (χ4n) is 2.36. The zero-order chi connectivity index (χ0) is 16.8. The number of pyridine rings is 1. The Kier molecular flexibility index (Phi) is 5.33. The molecule has 0 spiro atoms. The Bertz CT molecular complexity index is 797. The molecule has 0 bridgehead atoms. The van der Waals surface area contributed by atoms with Crippen molar-refractivity contribution in [2.45, 2.75) is 26.2 Å². The standard InChI is InChI=1S/C19H19N3OS/c1-2-14-3-6-16(7-4-14)17-13-24-19(21-17)22-18(23)8-5-15-9-11-20-12-10-15/h3-4,6-7,9-13H,2,5,8H2,1H3,(H,21,22,23). The van der Waals surface area contributed by atoms with Crippen LogP contribution in [0.1, 0.15) is 24.5 Å². The van der Waals surface area contributed by atoms with Gasteiger partial charge in [0.05, 0.1) is 5.69 Å². The van der Waals surface area contributed by atoms with Crippen LogP contribution in [-0.2, 0) is 17.6 Å². The molecular formula is C19H19N3OS. The lowest BCUT2D eigenvalue weighted by Gasteiger charge is -2.02. The molecule has 3 rings (SSSR count). The van der Waals surface area contributed by atoms with Crippen LogP contribution in [0.3, 0.4) is 0 Å². The fraction of sp³-hybridized carbons (Fsp3) is 0.211. The number of thiazole rings is 1. The molecule has 122 valence electrons. The lowest BCUT2D eigenvalue weighted by Crippen LogP contribution is -2.12. The molecule has 24 heavy (non-hydrogen) atoms. The quantitative estimate of drug-likeness (QED) is 0.728. The number of amides is 1. The summed E-state index contributed by atoms with van der Waals surface area (Å²) in [6, 6.07) is 12.2. The van der Waals surface area contributed by atoms with Gasteiger partial charge in [-0.05, 0) is 36.1 Å². The van der Waals surface area contributed by atoms with Gasteiger partial charge in [0.2, 0.25) is 5.91 Å². The summed E-state index contributed by atoms with van der Waals surface area (Å²) >= 11 is 1.45. The molecule has 0 atom stereocenters. The van der Waals surface area contributed by atoms with Gasteiger partial charge in [0.1, 0.15) is 0 Å². The van der Waals surface area contributed by atoms with Crippen LogP contribution < -0.4 is 5.32 Å². The van der Waals surface area contributed by atoms with E-state index >= 15 is 0 Å². The minimum absolute atomic E-state index is 0.0194. The van der Waals surface area contributed by atoms with E-state index in [-0.39, 0.29) is 5.91 Å². The molecular weight excluding hydrogens is 318 g/mol. The topological polar surface area (TPSA) is 54.9 Å². The van der Waals surface area contributed by atoms with E-state index < -0.39 is 0 Å². The number of hydrogen-bond acceptors (Lipinski definition) is 4. The van der Waals surface area contributed by atoms with Crippen molar-refractivity contribution in [3.05, 3.63) is 65.3 Å². The lowest BCUT2D eigenvalue weighted by molar-refractivity contribution is -0.116. The maximum atomic E-state index is 12.1. The zero-order valence-electron chi connectivity index (χ0n) is 13.5.